The maximum absolute atomic E-state index is 4.28. The van der Waals surface area contributed by atoms with Gasteiger partial charge in [0.15, 0.2) is 0 Å². The van der Waals surface area contributed by atoms with Crippen LogP contribution in [0.1, 0.15) is 17.0 Å². The van der Waals surface area contributed by atoms with E-state index in [9.17, 15) is 0 Å². The molecule has 0 atom stereocenters. The molecular formula is C12H14N2. The van der Waals surface area contributed by atoms with Crippen LogP contribution < -0.4 is 0 Å². The molecular weight excluding hydrogens is 172 g/mol. The molecule has 0 aliphatic carbocycles. The Labute approximate surface area is 84.2 Å². The molecule has 14 heavy (non-hydrogen) atoms. The van der Waals surface area contributed by atoms with Crippen molar-refractivity contribution in [2.75, 3.05) is 0 Å². The number of aryl methyl sites for hydroxylation is 2. The van der Waals surface area contributed by atoms with Crippen LogP contribution in [-0.2, 0) is 0 Å². The van der Waals surface area contributed by atoms with Gasteiger partial charge in [0.2, 0.25) is 0 Å². The maximum Gasteiger partial charge on any atom is 0.0997 e. The molecule has 0 unspecified atom stereocenters. The molecule has 1 heterocycles. The van der Waals surface area contributed by atoms with Gasteiger partial charge in [-0.15, -0.1) is 0 Å². The number of imidazole rings is 1. The number of hydrogen-bond acceptors (Lipinski definition) is 1. The molecule has 0 amide bonds. The lowest BCUT2D eigenvalue weighted by Crippen LogP contribution is -1.94. The fourth-order valence-electron chi connectivity index (χ4n) is 1.46. The van der Waals surface area contributed by atoms with Crippen LogP contribution >= 0.6 is 0 Å². The molecule has 0 spiro atoms. The monoisotopic (exact) mass is 186 g/mol. The van der Waals surface area contributed by atoms with E-state index in [1.165, 1.54) is 16.9 Å². The first kappa shape index (κ1) is 9.00. The molecule has 0 aliphatic rings. The van der Waals surface area contributed by atoms with Crippen molar-refractivity contribution < 1.29 is 0 Å². The zero-order chi connectivity index (χ0) is 10.1. The van der Waals surface area contributed by atoms with Gasteiger partial charge >= 0.3 is 0 Å². The van der Waals surface area contributed by atoms with Gasteiger partial charge in [-0.1, -0.05) is 17.7 Å². The van der Waals surface area contributed by atoms with E-state index in [1.54, 1.807) is 0 Å². The molecule has 0 radical (unpaired) electrons. The molecule has 1 aromatic carbocycles. The quantitative estimate of drug-likeness (QED) is 0.669. The minimum Gasteiger partial charge on any atom is -0.303 e. The summed E-state index contributed by atoms with van der Waals surface area (Å²) in [5, 5.41) is 0. The summed E-state index contributed by atoms with van der Waals surface area (Å²) in [5.41, 5.74) is 4.75. The van der Waals surface area contributed by atoms with E-state index in [0.717, 1.165) is 5.69 Å². The smallest absolute Gasteiger partial charge is 0.0997 e. The normalized spacial score (nSPS) is 10.5. The summed E-state index contributed by atoms with van der Waals surface area (Å²) in [4.78, 5) is 4.28. The summed E-state index contributed by atoms with van der Waals surface area (Å²) in [7, 11) is 0. The highest BCUT2D eigenvalue weighted by atomic mass is 15.1. The highest BCUT2D eigenvalue weighted by molar-refractivity contribution is 5.36. The standard InChI is InChI=1S/C12H14N2/c1-9-4-6-12(7-5-9)14-8-13-10(2)11(14)3/h4-8H,1-3H3. The Morgan fingerprint density at radius 1 is 1.00 bits per heavy atom. The van der Waals surface area contributed by atoms with Gasteiger partial charge in [0, 0.05) is 11.4 Å². The zero-order valence-corrected chi connectivity index (χ0v) is 8.78. The molecule has 0 bridgehead atoms. The molecule has 2 heteroatoms. The highest BCUT2D eigenvalue weighted by Crippen LogP contribution is 2.13. The van der Waals surface area contributed by atoms with E-state index in [0.29, 0.717) is 0 Å². The summed E-state index contributed by atoms with van der Waals surface area (Å²) in [6.07, 6.45) is 1.87. The minimum atomic E-state index is 1.09. The molecule has 72 valence electrons. The van der Waals surface area contributed by atoms with Gasteiger partial charge < -0.3 is 4.57 Å². The third kappa shape index (κ3) is 1.43. The fourth-order valence-corrected chi connectivity index (χ4v) is 1.46. The van der Waals surface area contributed by atoms with E-state index in [2.05, 4.69) is 47.7 Å². The van der Waals surface area contributed by atoms with Gasteiger partial charge in [-0.05, 0) is 32.9 Å². The Bertz CT molecular complexity index is 438. The average molecular weight is 186 g/mol. The van der Waals surface area contributed by atoms with Crippen LogP contribution in [0, 0.1) is 20.8 Å². The molecule has 0 aliphatic heterocycles. The van der Waals surface area contributed by atoms with Crippen LogP contribution in [0.2, 0.25) is 0 Å². The first-order chi connectivity index (χ1) is 6.68. The molecule has 2 rings (SSSR count). The fraction of sp³-hybridized carbons (Fsp3) is 0.250. The third-order valence-corrected chi connectivity index (χ3v) is 2.56. The van der Waals surface area contributed by atoms with Crippen molar-refractivity contribution in [2.24, 2.45) is 0 Å². The van der Waals surface area contributed by atoms with Gasteiger partial charge in [-0.2, -0.15) is 0 Å². The van der Waals surface area contributed by atoms with Crippen LogP contribution in [0.25, 0.3) is 5.69 Å². The van der Waals surface area contributed by atoms with Gasteiger partial charge in [-0.25, -0.2) is 4.98 Å². The summed E-state index contributed by atoms with van der Waals surface area (Å²) in [6.45, 7) is 6.21. The number of nitrogens with zero attached hydrogens (tertiary/aromatic N) is 2. The van der Waals surface area contributed by atoms with Crippen molar-refractivity contribution in [3.8, 4) is 5.69 Å². The SMILES string of the molecule is Cc1ccc(-n2cnc(C)c2C)cc1. The summed E-state index contributed by atoms with van der Waals surface area (Å²) in [5.74, 6) is 0. The highest BCUT2D eigenvalue weighted by Gasteiger charge is 2.02. The van der Waals surface area contributed by atoms with E-state index in [-0.39, 0.29) is 0 Å². The number of hydrogen-bond donors (Lipinski definition) is 0. The minimum absolute atomic E-state index is 1.09. The van der Waals surface area contributed by atoms with E-state index < -0.39 is 0 Å². The number of aromatic nitrogens is 2. The lowest BCUT2D eigenvalue weighted by atomic mass is 10.2. The van der Waals surface area contributed by atoms with Gasteiger partial charge in [0.1, 0.15) is 0 Å². The summed E-state index contributed by atoms with van der Waals surface area (Å²) in [6, 6.07) is 8.46. The molecule has 0 fully saturated rings. The van der Waals surface area contributed by atoms with E-state index in [1.807, 2.05) is 13.3 Å². The Morgan fingerprint density at radius 3 is 2.14 bits per heavy atom. The molecule has 1 aromatic heterocycles. The lowest BCUT2D eigenvalue weighted by Gasteiger charge is -2.05. The Hall–Kier alpha value is -1.57. The van der Waals surface area contributed by atoms with Crippen LogP contribution in [0.3, 0.4) is 0 Å². The number of benzene rings is 1. The second kappa shape index (κ2) is 3.29. The maximum atomic E-state index is 4.28. The molecule has 0 N–H and O–H groups in total. The van der Waals surface area contributed by atoms with Crippen molar-refractivity contribution in [1.29, 1.82) is 0 Å². The average Bonchev–Trinajstić information content (AvgIpc) is 2.50. The number of rotatable bonds is 1. The molecule has 0 saturated carbocycles. The lowest BCUT2D eigenvalue weighted by molar-refractivity contribution is 1.000. The van der Waals surface area contributed by atoms with Crippen molar-refractivity contribution in [1.82, 2.24) is 9.55 Å². The largest absolute Gasteiger partial charge is 0.303 e. The molecule has 0 saturated heterocycles. The van der Waals surface area contributed by atoms with Crippen molar-refractivity contribution in [3.05, 3.63) is 47.5 Å². The Kier molecular flexibility index (Phi) is 2.12. The summed E-state index contributed by atoms with van der Waals surface area (Å²) < 4.78 is 2.11. The molecule has 2 nitrogen and oxygen atoms in total. The van der Waals surface area contributed by atoms with E-state index in [4.69, 9.17) is 0 Å². The Balaban J connectivity index is 2.49. The first-order valence-corrected chi connectivity index (χ1v) is 4.76. The second-order valence-corrected chi connectivity index (χ2v) is 3.62. The van der Waals surface area contributed by atoms with E-state index >= 15 is 0 Å². The Morgan fingerprint density at radius 2 is 1.64 bits per heavy atom. The predicted molar refractivity (Wildman–Crippen MR) is 57.8 cm³/mol. The van der Waals surface area contributed by atoms with Crippen molar-refractivity contribution >= 4 is 0 Å². The van der Waals surface area contributed by atoms with Crippen LogP contribution in [-0.4, -0.2) is 9.55 Å². The predicted octanol–water partition coefficient (Wildman–Crippen LogP) is 2.80. The third-order valence-electron chi connectivity index (χ3n) is 2.56. The van der Waals surface area contributed by atoms with Crippen molar-refractivity contribution in [2.45, 2.75) is 20.8 Å². The van der Waals surface area contributed by atoms with Gasteiger partial charge in [0.25, 0.3) is 0 Å². The van der Waals surface area contributed by atoms with Crippen LogP contribution in [0.15, 0.2) is 30.6 Å². The second-order valence-electron chi connectivity index (χ2n) is 3.62. The van der Waals surface area contributed by atoms with Crippen LogP contribution in [0.4, 0.5) is 0 Å². The van der Waals surface area contributed by atoms with Gasteiger partial charge in [0.05, 0.1) is 12.0 Å². The van der Waals surface area contributed by atoms with Crippen molar-refractivity contribution in [3.63, 3.8) is 0 Å². The molecule has 2 aromatic rings. The summed E-state index contributed by atoms with van der Waals surface area (Å²) >= 11 is 0. The van der Waals surface area contributed by atoms with Gasteiger partial charge in [-0.3, -0.25) is 0 Å². The topological polar surface area (TPSA) is 17.8 Å². The van der Waals surface area contributed by atoms with Crippen LogP contribution in [0.5, 0.6) is 0 Å². The first-order valence-electron chi connectivity index (χ1n) is 4.76. The zero-order valence-electron chi connectivity index (χ0n) is 8.78.